The topological polar surface area (TPSA) is 117 Å². The number of nitrogens with one attached hydrogen (secondary N) is 1. The molecule has 1 saturated heterocycles. The first-order chi connectivity index (χ1) is 17.2. The quantitative estimate of drug-likeness (QED) is 0.385. The molecule has 1 aromatic carbocycles. The van der Waals surface area contributed by atoms with Gasteiger partial charge in [0.2, 0.25) is 16.0 Å². The lowest BCUT2D eigenvalue weighted by atomic mass is 10.1. The van der Waals surface area contributed by atoms with Crippen LogP contribution in [0, 0.1) is 0 Å². The van der Waals surface area contributed by atoms with Crippen LogP contribution in [0.25, 0.3) is 22.2 Å². The van der Waals surface area contributed by atoms with Crippen LogP contribution in [0.15, 0.2) is 43.0 Å². The number of ether oxygens (including phenoxy) is 1. The first-order valence-electron chi connectivity index (χ1n) is 11.2. The Labute approximate surface area is 218 Å². The molecule has 1 aliphatic heterocycles. The van der Waals surface area contributed by atoms with Gasteiger partial charge in [-0.2, -0.15) is 9.40 Å². The van der Waals surface area contributed by atoms with Crippen molar-refractivity contribution in [3.05, 3.63) is 58.6 Å². The van der Waals surface area contributed by atoms with Crippen LogP contribution < -0.4 is 9.64 Å². The summed E-state index contributed by atoms with van der Waals surface area (Å²) in [6.45, 7) is 3.75. The molecule has 0 aliphatic carbocycles. The van der Waals surface area contributed by atoms with Gasteiger partial charge in [0.05, 0.1) is 21.8 Å². The molecular formula is C23H23Cl2N7O3S. The maximum Gasteiger partial charge on any atom is 0.225 e. The zero-order valence-corrected chi connectivity index (χ0v) is 21.8. The summed E-state index contributed by atoms with van der Waals surface area (Å²) in [4.78, 5) is 15.0. The van der Waals surface area contributed by atoms with Crippen molar-refractivity contribution in [1.82, 2.24) is 29.5 Å². The Hall–Kier alpha value is -2.99. The molecule has 1 N–H and O–H groups in total. The predicted molar refractivity (Wildman–Crippen MR) is 139 cm³/mol. The third-order valence-electron chi connectivity index (χ3n) is 6.05. The van der Waals surface area contributed by atoms with Crippen LogP contribution in [-0.4, -0.2) is 70.3 Å². The van der Waals surface area contributed by atoms with E-state index in [1.54, 1.807) is 12.4 Å². The van der Waals surface area contributed by atoms with Crippen molar-refractivity contribution in [2.45, 2.75) is 13.0 Å². The number of fused-ring (bicyclic) bond motifs is 1. The molecule has 4 aromatic rings. The third-order valence-corrected chi connectivity index (χ3v) is 7.95. The van der Waals surface area contributed by atoms with Crippen molar-refractivity contribution < 1.29 is 13.2 Å². The van der Waals surface area contributed by atoms with E-state index in [2.05, 4.69) is 25.1 Å². The lowest BCUT2D eigenvalue weighted by Gasteiger charge is -2.33. The number of H-pyrrole nitrogens is 1. The molecule has 1 fully saturated rings. The number of pyridine rings is 1. The molecular weight excluding hydrogens is 525 g/mol. The molecule has 36 heavy (non-hydrogen) atoms. The lowest BCUT2D eigenvalue weighted by molar-refractivity contribution is 0.227. The van der Waals surface area contributed by atoms with Crippen LogP contribution in [0.4, 0.5) is 5.95 Å². The summed E-state index contributed by atoms with van der Waals surface area (Å²) in [5, 5.41) is 9.21. The lowest BCUT2D eigenvalue weighted by Crippen LogP contribution is -2.48. The van der Waals surface area contributed by atoms with Gasteiger partial charge in [0.15, 0.2) is 0 Å². The van der Waals surface area contributed by atoms with Gasteiger partial charge in [-0.05, 0) is 25.1 Å². The number of sulfonamides is 1. The highest BCUT2D eigenvalue weighted by atomic mass is 35.5. The maximum atomic E-state index is 11.7. The van der Waals surface area contributed by atoms with Crippen LogP contribution in [-0.2, 0) is 10.0 Å². The second-order valence-corrected chi connectivity index (χ2v) is 11.3. The standard InChI is InChI=1S/C23H23Cl2N7O3S/c1-14(21-18(24)12-26-13-19(21)25)35-16-3-4-20-17(9-16)22(30-29-20)15-10-27-23(28-11-15)31-5-7-32(8-6-31)36(2,33)34/h3-4,9-14H,5-8H2,1-2H3,(H,29,30)/t14-/m1/s1. The van der Waals surface area contributed by atoms with E-state index in [4.69, 9.17) is 27.9 Å². The minimum absolute atomic E-state index is 0.397. The average Bonchev–Trinajstić information content (AvgIpc) is 3.27. The van der Waals surface area contributed by atoms with Crippen molar-refractivity contribution >= 4 is 50.1 Å². The van der Waals surface area contributed by atoms with Gasteiger partial charge >= 0.3 is 0 Å². The van der Waals surface area contributed by atoms with Crippen molar-refractivity contribution in [2.24, 2.45) is 0 Å². The van der Waals surface area contributed by atoms with Crippen molar-refractivity contribution in [3.63, 3.8) is 0 Å². The molecule has 1 aliphatic rings. The molecule has 188 valence electrons. The summed E-state index contributed by atoms with van der Waals surface area (Å²) >= 11 is 12.6. The summed E-state index contributed by atoms with van der Waals surface area (Å²) in [7, 11) is -3.19. The summed E-state index contributed by atoms with van der Waals surface area (Å²) in [5.41, 5.74) is 2.94. The molecule has 10 nitrogen and oxygen atoms in total. The number of anilines is 1. The molecule has 3 aromatic heterocycles. The van der Waals surface area contributed by atoms with E-state index in [-0.39, 0.29) is 0 Å². The van der Waals surface area contributed by atoms with E-state index in [0.29, 0.717) is 59.2 Å². The number of nitrogens with zero attached hydrogens (tertiary/aromatic N) is 6. The fourth-order valence-corrected chi connectivity index (χ4v) is 5.68. The Kier molecular flexibility index (Phi) is 6.73. The van der Waals surface area contributed by atoms with E-state index in [1.165, 1.54) is 23.0 Å². The fourth-order valence-electron chi connectivity index (χ4n) is 4.19. The molecule has 13 heteroatoms. The Morgan fingerprint density at radius 3 is 2.33 bits per heavy atom. The number of halogens is 2. The Morgan fingerprint density at radius 2 is 1.69 bits per heavy atom. The maximum absolute atomic E-state index is 11.7. The van der Waals surface area contributed by atoms with E-state index in [0.717, 1.165) is 16.5 Å². The molecule has 0 amide bonds. The van der Waals surface area contributed by atoms with E-state index in [1.807, 2.05) is 30.0 Å². The van der Waals surface area contributed by atoms with Crippen LogP contribution in [0.5, 0.6) is 5.75 Å². The molecule has 0 bridgehead atoms. The highest BCUT2D eigenvalue weighted by molar-refractivity contribution is 7.88. The largest absolute Gasteiger partial charge is 0.486 e. The summed E-state index contributed by atoms with van der Waals surface area (Å²) < 4.78 is 31.1. The summed E-state index contributed by atoms with van der Waals surface area (Å²) in [6, 6.07) is 5.63. The molecule has 0 spiro atoms. The van der Waals surface area contributed by atoms with Crippen LogP contribution in [0.1, 0.15) is 18.6 Å². The van der Waals surface area contributed by atoms with Gasteiger partial charge in [-0.25, -0.2) is 18.4 Å². The molecule has 1 atom stereocenters. The van der Waals surface area contributed by atoms with Crippen LogP contribution >= 0.6 is 23.2 Å². The second kappa shape index (κ2) is 9.81. The summed E-state index contributed by atoms with van der Waals surface area (Å²) in [6.07, 6.45) is 7.33. The van der Waals surface area contributed by atoms with Crippen molar-refractivity contribution in [3.8, 4) is 17.0 Å². The highest BCUT2D eigenvalue weighted by Crippen LogP contribution is 2.34. The molecule has 0 unspecified atom stereocenters. The number of hydrogen-bond acceptors (Lipinski definition) is 8. The van der Waals surface area contributed by atoms with Crippen molar-refractivity contribution in [2.75, 3.05) is 37.3 Å². The van der Waals surface area contributed by atoms with Gasteiger partial charge in [-0.15, -0.1) is 0 Å². The smallest absolute Gasteiger partial charge is 0.225 e. The van der Waals surface area contributed by atoms with E-state index in [9.17, 15) is 8.42 Å². The first-order valence-corrected chi connectivity index (χ1v) is 13.8. The van der Waals surface area contributed by atoms with E-state index < -0.39 is 16.1 Å². The Balaban J connectivity index is 1.35. The number of rotatable bonds is 6. The van der Waals surface area contributed by atoms with E-state index >= 15 is 0 Å². The van der Waals surface area contributed by atoms with Gasteiger partial charge in [0.1, 0.15) is 17.5 Å². The Morgan fingerprint density at radius 1 is 1.03 bits per heavy atom. The zero-order chi connectivity index (χ0) is 25.4. The second-order valence-electron chi connectivity index (χ2n) is 8.48. The van der Waals surface area contributed by atoms with Gasteiger partial charge in [0.25, 0.3) is 0 Å². The first kappa shape index (κ1) is 24.7. The molecule has 0 radical (unpaired) electrons. The number of aromatic nitrogens is 5. The summed E-state index contributed by atoms with van der Waals surface area (Å²) in [5.74, 6) is 1.18. The highest BCUT2D eigenvalue weighted by Gasteiger charge is 2.25. The van der Waals surface area contributed by atoms with Gasteiger partial charge in [-0.3, -0.25) is 10.1 Å². The predicted octanol–water partition coefficient (Wildman–Crippen LogP) is 3.94. The molecule has 4 heterocycles. The minimum atomic E-state index is -3.19. The van der Waals surface area contributed by atoms with Crippen LogP contribution in [0.3, 0.4) is 0 Å². The number of benzene rings is 1. The Bertz CT molecular complexity index is 1480. The van der Waals surface area contributed by atoms with Crippen molar-refractivity contribution in [1.29, 1.82) is 0 Å². The third kappa shape index (κ3) is 4.96. The molecule has 5 rings (SSSR count). The number of piperazine rings is 1. The zero-order valence-electron chi connectivity index (χ0n) is 19.5. The minimum Gasteiger partial charge on any atom is -0.486 e. The SMILES string of the molecule is C[C@@H](Oc1ccc2[nH]nc(-c3cnc(N4CCN(S(C)(=O)=O)CC4)nc3)c2c1)c1c(Cl)cncc1Cl. The van der Waals surface area contributed by atoms with Crippen LogP contribution in [0.2, 0.25) is 10.0 Å². The normalized spacial score (nSPS) is 15.8. The number of aromatic amines is 1. The monoisotopic (exact) mass is 547 g/mol. The molecule has 0 saturated carbocycles. The van der Waals surface area contributed by atoms with Gasteiger partial charge in [0, 0.05) is 67.5 Å². The van der Waals surface area contributed by atoms with Gasteiger partial charge in [-0.1, -0.05) is 23.2 Å². The average molecular weight is 548 g/mol. The number of hydrogen-bond donors (Lipinski definition) is 1. The fraction of sp³-hybridized carbons (Fsp3) is 0.304. The van der Waals surface area contributed by atoms with Gasteiger partial charge < -0.3 is 9.64 Å².